The smallest absolute Gasteiger partial charge is 0.229 e. The summed E-state index contributed by atoms with van der Waals surface area (Å²) in [5.74, 6) is 0. The molecule has 0 amide bonds. The number of rotatable bonds is 3. The molecule has 20 heavy (non-hydrogen) atoms. The fourth-order valence-electron chi connectivity index (χ4n) is 3.60. The molecule has 0 spiro atoms. The van der Waals surface area contributed by atoms with Gasteiger partial charge in [-0.2, -0.15) is 0 Å². The molecular weight excluding hydrogens is 272 g/mol. The molecule has 0 bridgehead atoms. The van der Waals surface area contributed by atoms with Crippen molar-refractivity contribution >= 4 is 15.7 Å². The summed E-state index contributed by atoms with van der Waals surface area (Å²) in [5.41, 5.74) is 1.96. The molecule has 2 saturated heterocycles. The van der Waals surface area contributed by atoms with Crippen molar-refractivity contribution in [1.29, 1.82) is 0 Å². The van der Waals surface area contributed by atoms with Crippen molar-refractivity contribution in [2.75, 3.05) is 17.5 Å². The first kappa shape index (κ1) is 13.9. The molecule has 2 atom stereocenters. The molecule has 5 heteroatoms. The van der Waals surface area contributed by atoms with Crippen molar-refractivity contribution < 1.29 is 8.42 Å². The Balaban J connectivity index is 1.74. The number of hydrogen-bond donors (Lipinski definition) is 1. The zero-order valence-corrected chi connectivity index (χ0v) is 12.7. The van der Waals surface area contributed by atoms with Crippen LogP contribution in [-0.2, 0) is 10.0 Å². The first-order valence-corrected chi connectivity index (χ1v) is 9.25. The lowest BCUT2D eigenvalue weighted by Gasteiger charge is -2.34. The highest BCUT2D eigenvalue weighted by Crippen LogP contribution is 2.40. The van der Waals surface area contributed by atoms with E-state index in [1.54, 1.807) is 0 Å². The largest absolute Gasteiger partial charge is 0.293 e. The van der Waals surface area contributed by atoms with E-state index in [0.717, 1.165) is 6.04 Å². The number of benzene rings is 1. The molecule has 110 valence electrons. The van der Waals surface area contributed by atoms with E-state index < -0.39 is 10.0 Å². The summed E-state index contributed by atoms with van der Waals surface area (Å²) in [5, 5.41) is 0. The minimum atomic E-state index is -3.19. The van der Waals surface area contributed by atoms with Gasteiger partial charge in [0.25, 0.3) is 0 Å². The van der Waals surface area contributed by atoms with Gasteiger partial charge < -0.3 is 0 Å². The third-order valence-corrected chi connectivity index (χ3v) is 5.05. The van der Waals surface area contributed by atoms with Crippen molar-refractivity contribution in [2.45, 2.75) is 44.2 Å². The number of nitrogens with one attached hydrogen (secondary N) is 1. The quantitative estimate of drug-likeness (QED) is 0.932. The Morgan fingerprint density at radius 1 is 1.10 bits per heavy atom. The molecule has 2 aliphatic heterocycles. The SMILES string of the molecule is CS(=O)(=O)Nc1ccc([C@@H]2CC[C@H]3CCCCN32)cc1. The highest BCUT2D eigenvalue weighted by molar-refractivity contribution is 7.92. The molecule has 0 aliphatic carbocycles. The predicted molar refractivity (Wildman–Crippen MR) is 81.2 cm³/mol. The molecule has 2 fully saturated rings. The summed E-state index contributed by atoms with van der Waals surface area (Å²) < 4.78 is 24.9. The Hall–Kier alpha value is -1.07. The number of fused-ring (bicyclic) bond motifs is 1. The van der Waals surface area contributed by atoms with E-state index in [0.29, 0.717) is 11.7 Å². The van der Waals surface area contributed by atoms with Crippen molar-refractivity contribution in [2.24, 2.45) is 0 Å². The summed E-state index contributed by atoms with van der Waals surface area (Å²) in [7, 11) is -3.19. The van der Waals surface area contributed by atoms with Crippen LogP contribution < -0.4 is 4.72 Å². The molecular formula is C15H22N2O2S. The van der Waals surface area contributed by atoms with Crippen LogP contribution in [0.3, 0.4) is 0 Å². The van der Waals surface area contributed by atoms with Gasteiger partial charge in [-0.3, -0.25) is 9.62 Å². The van der Waals surface area contributed by atoms with Crippen molar-refractivity contribution in [3.05, 3.63) is 29.8 Å². The van der Waals surface area contributed by atoms with Gasteiger partial charge in [-0.25, -0.2) is 8.42 Å². The van der Waals surface area contributed by atoms with E-state index in [4.69, 9.17) is 0 Å². The molecule has 4 nitrogen and oxygen atoms in total. The van der Waals surface area contributed by atoms with Crippen LogP contribution in [0.4, 0.5) is 5.69 Å². The van der Waals surface area contributed by atoms with Gasteiger partial charge in [-0.1, -0.05) is 18.6 Å². The van der Waals surface area contributed by atoms with Crippen LogP contribution in [0.15, 0.2) is 24.3 Å². The van der Waals surface area contributed by atoms with E-state index in [9.17, 15) is 8.42 Å². The number of hydrogen-bond acceptors (Lipinski definition) is 3. The Kier molecular flexibility index (Phi) is 3.73. The lowest BCUT2D eigenvalue weighted by atomic mass is 10.0. The summed E-state index contributed by atoms with van der Waals surface area (Å²) in [6, 6.07) is 9.15. The van der Waals surface area contributed by atoms with Crippen molar-refractivity contribution in [1.82, 2.24) is 4.90 Å². The van der Waals surface area contributed by atoms with Crippen molar-refractivity contribution in [3.63, 3.8) is 0 Å². The first-order chi connectivity index (χ1) is 9.53. The fourth-order valence-corrected chi connectivity index (χ4v) is 4.17. The number of piperidine rings is 1. The zero-order chi connectivity index (χ0) is 14.2. The topological polar surface area (TPSA) is 49.4 Å². The van der Waals surface area contributed by atoms with Gasteiger partial charge in [-0.05, 0) is 49.9 Å². The Morgan fingerprint density at radius 3 is 2.55 bits per heavy atom. The molecule has 0 radical (unpaired) electrons. The lowest BCUT2D eigenvalue weighted by Crippen LogP contribution is -2.35. The predicted octanol–water partition coefficient (Wildman–Crippen LogP) is 2.75. The second-order valence-corrected chi connectivity index (χ2v) is 7.73. The van der Waals surface area contributed by atoms with Crippen LogP contribution in [0.5, 0.6) is 0 Å². The molecule has 0 saturated carbocycles. The summed E-state index contributed by atoms with van der Waals surface area (Å²) >= 11 is 0. The second kappa shape index (κ2) is 5.37. The Bertz CT molecular complexity index is 568. The minimum absolute atomic E-state index is 0.521. The van der Waals surface area contributed by atoms with Gasteiger partial charge in [-0.15, -0.1) is 0 Å². The van der Waals surface area contributed by atoms with Crippen LogP contribution in [0.25, 0.3) is 0 Å². The van der Waals surface area contributed by atoms with E-state index in [-0.39, 0.29) is 0 Å². The van der Waals surface area contributed by atoms with Crippen molar-refractivity contribution in [3.8, 4) is 0 Å². The molecule has 0 aromatic heterocycles. The van der Waals surface area contributed by atoms with E-state index in [1.807, 2.05) is 12.1 Å². The molecule has 1 aromatic carbocycles. The van der Waals surface area contributed by atoms with Crippen LogP contribution in [-0.4, -0.2) is 32.2 Å². The third kappa shape index (κ3) is 2.99. The van der Waals surface area contributed by atoms with Gasteiger partial charge in [0.05, 0.1) is 6.26 Å². The number of sulfonamides is 1. The lowest BCUT2D eigenvalue weighted by molar-refractivity contribution is 0.150. The maximum atomic E-state index is 11.2. The van der Waals surface area contributed by atoms with Gasteiger partial charge in [0.15, 0.2) is 0 Å². The summed E-state index contributed by atoms with van der Waals surface area (Å²) in [6.07, 6.45) is 7.71. The number of anilines is 1. The molecule has 1 N–H and O–H groups in total. The summed E-state index contributed by atoms with van der Waals surface area (Å²) in [4.78, 5) is 2.64. The van der Waals surface area contributed by atoms with Crippen LogP contribution >= 0.6 is 0 Å². The normalized spacial score (nSPS) is 27.2. The van der Waals surface area contributed by atoms with E-state index in [1.165, 1.54) is 50.5 Å². The van der Waals surface area contributed by atoms with Gasteiger partial charge in [0.2, 0.25) is 10.0 Å². The standard InChI is InChI=1S/C15H22N2O2S/c1-20(18,19)16-13-7-5-12(6-8-13)15-10-9-14-4-2-3-11-17(14)15/h5-8,14-16H,2-4,9-11H2,1H3/t14-,15+/m1/s1. The number of nitrogens with zero attached hydrogens (tertiary/aromatic N) is 1. The van der Waals surface area contributed by atoms with E-state index >= 15 is 0 Å². The first-order valence-electron chi connectivity index (χ1n) is 7.36. The monoisotopic (exact) mass is 294 g/mol. The molecule has 2 heterocycles. The van der Waals surface area contributed by atoms with E-state index in [2.05, 4.69) is 21.8 Å². The van der Waals surface area contributed by atoms with Gasteiger partial charge in [0.1, 0.15) is 0 Å². The Labute approximate surface area is 121 Å². The highest BCUT2D eigenvalue weighted by Gasteiger charge is 2.35. The van der Waals surface area contributed by atoms with Crippen LogP contribution in [0.1, 0.15) is 43.7 Å². The zero-order valence-electron chi connectivity index (χ0n) is 11.9. The molecule has 3 rings (SSSR count). The van der Waals surface area contributed by atoms with Gasteiger partial charge >= 0.3 is 0 Å². The van der Waals surface area contributed by atoms with Gasteiger partial charge in [0, 0.05) is 17.8 Å². The fraction of sp³-hybridized carbons (Fsp3) is 0.600. The molecule has 1 aromatic rings. The second-order valence-electron chi connectivity index (χ2n) is 5.98. The third-order valence-electron chi connectivity index (χ3n) is 4.45. The average molecular weight is 294 g/mol. The average Bonchev–Trinajstić information content (AvgIpc) is 2.82. The minimum Gasteiger partial charge on any atom is -0.293 e. The molecule has 0 unspecified atom stereocenters. The summed E-state index contributed by atoms with van der Waals surface area (Å²) in [6.45, 7) is 1.21. The Morgan fingerprint density at radius 2 is 1.85 bits per heavy atom. The van der Waals surface area contributed by atoms with Crippen LogP contribution in [0.2, 0.25) is 0 Å². The molecule has 2 aliphatic rings. The maximum Gasteiger partial charge on any atom is 0.229 e. The maximum absolute atomic E-state index is 11.2. The van der Waals surface area contributed by atoms with Crippen LogP contribution in [0, 0.1) is 0 Å². The highest BCUT2D eigenvalue weighted by atomic mass is 32.2.